The Labute approximate surface area is 117 Å². The van der Waals surface area contributed by atoms with E-state index < -0.39 is 6.04 Å². The Hall–Kier alpha value is -1.78. The molecular weight excluding hydrogens is 256 g/mol. The predicted octanol–water partition coefficient (Wildman–Crippen LogP) is 3.05. The van der Waals surface area contributed by atoms with Gasteiger partial charge in [-0.05, 0) is 24.0 Å². The topological polar surface area (TPSA) is 55.1 Å². The molecule has 0 saturated heterocycles. The van der Waals surface area contributed by atoms with Crippen LogP contribution < -0.4 is 11.1 Å². The molecule has 0 aliphatic heterocycles. The van der Waals surface area contributed by atoms with E-state index in [4.69, 9.17) is 5.73 Å². The number of hydrogen-bond acceptors (Lipinski definition) is 3. The molecule has 0 unspecified atom stereocenters. The van der Waals surface area contributed by atoms with E-state index in [1.165, 1.54) is 0 Å². The molecule has 4 heteroatoms. The second kappa shape index (κ2) is 6.41. The van der Waals surface area contributed by atoms with Crippen molar-refractivity contribution in [2.75, 3.05) is 11.6 Å². The molecule has 0 saturated carbocycles. The number of hydrogen-bond donors (Lipinski definition) is 2. The lowest BCUT2D eigenvalue weighted by molar-refractivity contribution is -0.117. The molecule has 2 aromatic carbocycles. The lowest BCUT2D eigenvalue weighted by Crippen LogP contribution is -2.27. The van der Waals surface area contributed by atoms with Crippen molar-refractivity contribution in [2.24, 2.45) is 5.73 Å². The second-order valence-electron chi connectivity index (χ2n) is 4.08. The highest BCUT2D eigenvalue weighted by molar-refractivity contribution is 7.98. The quantitative estimate of drug-likeness (QED) is 0.841. The smallest absolute Gasteiger partial charge is 0.245 e. The van der Waals surface area contributed by atoms with Crippen LogP contribution in [0.2, 0.25) is 0 Å². The van der Waals surface area contributed by atoms with Gasteiger partial charge in [0, 0.05) is 4.90 Å². The molecule has 0 aromatic heterocycles. The first-order chi connectivity index (χ1) is 9.22. The maximum atomic E-state index is 12.1. The van der Waals surface area contributed by atoms with E-state index in [-0.39, 0.29) is 5.91 Å². The van der Waals surface area contributed by atoms with Crippen molar-refractivity contribution in [1.82, 2.24) is 0 Å². The van der Waals surface area contributed by atoms with Crippen molar-refractivity contribution in [2.45, 2.75) is 10.9 Å². The predicted molar refractivity (Wildman–Crippen MR) is 80.2 cm³/mol. The lowest BCUT2D eigenvalue weighted by atomic mass is 10.1. The third kappa shape index (κ3) is 3.36. The van der Waals surface area contributed by atoms with E-state index in [1.54, 1.807) is 11.8 Å². The van der Waals surface area contributed by atoms with Crippen molar-refractivity contribution in [3.05, 3.63) is 60.2 Å². The zero-order chi connectivity index (χ0) is 13.7. The first-order valence-corrected chi connectivity index (χ1v) is 7.19. The molecule has 1 atom stereocenters. The number of thioether (sulfide) groups is 1. The van der Waals surface area contributed by atoms with Crippen LogP contribution in [0.1, 0.15) is 11.6 Å². The fraction of sp³-hybridized carbons (Fsp3) is 0.133. The molecule has 0 heterocycles. The summed E-state index contributed by atoms with van der Waals surface area (Å²) in [6, 6.07) is 16.4. The molecule has 0 bridgehead atoms. The number of anilines is 1. The molecule has 3 N–H and O–H groups in total. The van der Waals surface area contributed by atoms with Crippen molar-refractivity contribution < 1.29 is 4.79 Å². The summed E-state index contributed by atoms with van der Waals surface area (Å²) in [6.45, 7) is 0. The number of nitrogens with one attached hydrogen (secondary N) is 1. The van der Waals surface area contributed by atoms with Crippen LogP contribution in [0, 0.1) is 0 Å². The molecule has 19 heavy (non-hydrogen) atoms. The number of amides is 1. The molecule has 2 aromatic rings. The number of carbonyl (C=O) groups excluding carboxylic acids is 1. The van der Waals surface area contributed by atoms with Gasteiger partial charge in [-0.15, -0.1) is 11.8 Å². The van der Waals surface area contributed by atoms with E-state index in [2.05, 4.69) is 5.32 Å². The Balaban J connectivity index is 2.13. The average molecular weight is 272 g/mol. The molecule has 0 spiro atoms. The van der Waals surface area contributed by atoms with Crippen LogP contribution in [-0.4, -0.2) is 12.2 Å². The number of benzene rings is 2. The largest absolute Gasteiger partial charge is 0.323 e. The third-order valence-electron chi connectivity index (χ3n) is 2.81. The van der Waals surface area contributed by atoms with E-state index in [0.29, 0.717) is 0 Å². The summed E-state index contributed by atoms with van der Waals surface area (Å²) in [6.07, 6.45) is 1.97. The molecule has 1 amide bonds. The van der Waals surface area contributed by atoms with Gasteiger partial charge < -0.3 is 11.1 Å². The molecule has 0 radical (unpaired) electrons. The minimum absolute atomic E-state index is 0.201. The molecule has 98 valence electrons. The average Bonchev–Trinajstić information content (AvgIpc) is 2.48. The SMILES string of the molecule is CSc1ccccc1NC(=O)[C@H](N)c1ccccc1. The maximum Gasteiger partial charge on any atom is 0.245 e. The van der Waals surface area contributed by atoms with Gasteiger partial charge in [0.15, 0.2) is 0 Å². The van der Waals surface area contributed by atoms with Crippen LogP contribution in [0.3, 0.4) is 0 Å². The molecule has 3 nitrogen and oxygen atoms in total. The van der Waals surface area contributed by atoms with Gasteiger partial charge in [-0.2, -0.15) is 0 Å². The van der Waals surface area contributed by atoms with E-state index in [0.717, 1.165) is 16.1 Å². The highest BCUT2D eigenvalue weighted by atomic mass is 32.2. The van der Waals surface area contributed by atoms with Crippen LogP contribution in [0.25, 0.3) is 0 Å². The van der Waals surface area contributed by atoms with Crippen molar-refractivity contribution in [3.8, 4) is 0 Å². The van der Waals surface area contributed by atoms with E-state index in [9.17, 15) is 4.79 Å². The minimum Gasteiger partial charge on any atom is -0.323 e. The summed E-state index contributed by atoms with van der Waals surface area (Å²) in [5.41, 5.74) is 7.56. The number of para-hydroxylation sites is 1. The summed E-state index contributed by atoms with van der Waals surface area (Å²) in [5, 5.41) is 2.87. The summed E-state index contributed by atoms with van der Waals surface area (Å²) >= 11 is 1.59. The summed E-state index contributed by atoms with van der Waals surface area (Å²) in [7, 11) is 0. The fourth-order valence-corrected chi connectivity index (χ4v) is 2.32. The van der Waals surface area contributed by atoms with Crippen molar-refractivity contribution >= 4 is 23.4 Å². The van der Waals surface area contributed by atoms with Gasteiger partial charge in [0.1, 0.15) is 6.04 Å². The zero-order valence-corrected chi connectivity index (χ0v) is 11.5. The van der Waals surface area contributed by atoms with Gasteiger partial charge in [0.2, 0.25) is 5.91 Å². The highest BCUT2D eigenvalue weighted by Crippen LogP contribution is 2.25. The van der Waals surface area contributed by atoms with Crippen molar-refractivity contribution in [1.29, 1.82) is 0 Å². The number of rotatable bonds is 4. The minimum atomic E-state index is -0.656. The fourth-order valence-electron chi connectivity index (χ4n) is 1.77. The Kier molecular flexibility index (Phi) is 4.60. The van der Waals surface area contributed by atoms with E-state index in [1.807, 2.05) is 60.9 Å². The first kappa shape index (κ1) is 13.6. The molecule has 0 aliphatic carbocycles. The Bertz CT molecular complexity index is 557. The van der Waals surface area contributed by atoms with Gasteiger partial charge in [0.25, 0.3) is 0 Å². The number of carbonyl (C=O) groups is 1. The second-order valence-corrected chi connectivity index (χ2v) is 4.93. The Morgan fingerprint density at radius 3 is 2.42 bits per heavy atom. The first-order valence-electron chi connectivity index (χ1n) is 5.97. The maximum absolute atomic E-state index is 12.1. The van der Waals surface area contributed by atoms with Crippen LogP contribution in [0.15, 0.2) is 59.5 Å². The zero-order valence-electron chi connectivity index (χ0n) is 10.7. The number of nitrogens with two attached hydrogens (primary N) is 1. The summed E-state index contributed by atoms with van der Waals surface area (Å²) in [5.74, 6) is -0.201. The van der Waals surface area contributed by atoms with Gasteiger partial charge in [0.05, 0.1) is 5.69 Å². The van der Waals surface area contributed by atoms with Gasteiger partial charge >= 0.3 is 0 Å². The molecule has 0 aliphatic rings. The molecular formula is C15H16N2OS. The van der Waals surface area contributed by atoms with Gasteiger partial charge in [-0.1, -0.05) is 42.5 Å². The third-order valence-corrected chi connectivity index (χ3v) is 3.60. The highest BCUT2D eigenvalue weighted by Gasteiger charge is 2.16. The van der Waals surface area contributed by atoms with Crippen LogP contribution >= 0.6 is 11.8 Å². The summed E-state index contributed by atoms with van der Waals surface area (Å²) in [4.78, 5) is 13.2. The summed E-state index contributed by atoms with van der Waals surface area (Å²) < 4.78 is 0. The monoisotopic (exact) mass is 272 g/mol. The van der Waals surface area contributed by atoms with Crippen LogP contribution in [0.5, 0.6) is 0 Å². The van der Waals surface area contributed by atoms with Gasteiger partial charge in [-0.25, -0.2) is 0 Å². The lowest BCUT2D eigenvalue weighted by Gasteiger charge is -2.14. The van der Waals surface area contributed by atoms with Crippen LogP contribution in [-0.2, 0) is 4.79 Å². The molecule has 0 fully saturated rings. The van der Waals surface area contributed by atoms with Crippen molar-refractivity contribution in [3.63, 3.8) is 0 Å². The van der Waals surface area contributed by atoms with Gasteiger partial charge in [-0.3, -0.25) is 4.79 Å². The van der Waals surface area contributed by atoms with E-state index >= 15 is 0 Å². The normalized spacial score (nSPS) is 11.9. The Morgan fingerprint density at radius 1 is 1.11 bits per heavy atom. The standard InChI is InChI=1S/C15H16N2OS/c1-19-13-10-6-5-9-12(13)17-15(18)14(16)11-7-3-2-4-8-11/h2-10,14H,16H2,1H3,(H,17,18)/t14-/m1/s1. The van der Waals surface area contributed by atoms with Crippen LogP contribution in [0.4, 0.5) is 5.69 Å². The Morgan fingerprint density at radius 2 is 1.74 bits per heavy atom. The molecule has 2 rings (SSSR count).